The quantitative estimate of drug-likeness (QED) is 0.534. The van der Waals surface area contributed by atoms with E-state index >= 15 is 0 Å². The first-order valence-corrected chi connectivity index (χ1v) is 9.17. The summed E-state index contributed by atoms with van der Waals surface area (Å²) in [5.41, 5.74) is 2.17. The molecular formula is C16H12ClN3OS2. The molecule has 0 aliphatic rings. The van der Waals surface area contributed by atoms with Crippen molar-refractivity contribution in [3.63, 3.8) is 0 Å². The number of thioether (sulfide) groups is 1. The van der Waals surface area contributed by atoms with Crippen LogP contribution in [0.1, 0.15) is 10.4 Å². The first-order chi connectivity index (χ1) is 11.2. The minimum atomic E-state index is -0.318. The van der Waals surface area contributed by atoms with Gasteiger partial charge in [0.05, 0.1) is 11.3 Å². The number of anilines is 1. The van der Waals surface area contributed by atoms with Crippen molar-refractivity contribution in [1.29, 1.82) is 0 Å². The second-order valence-corrected chi connectivity index (χ2v) is 6.66. The van der Waals surface area contributed by atoms with E-state index in [1.807, 2.05) is 35.9 Å². The number of amides is 1. The molecule has 23 heavy (non-hydrogen) atoms. The molecule has 1 amide bonds. The van der Waals surface area contributed by atoms with Crippen LogP contribution in [0.3, 0.4) is 0 Å². The van der Waals surface area contributed by atoms with Crippen molar-refractivity contribution in [2.45, 2.75) is 4.90 Å². The number of thiazole rings is 1. The van der Waals surface area contributed by atoms with Crippen LogP contribution in [0.25, 0.3) is 11.3 Å². The number of pyridine rings is 1. The summed E-state index contributed by atoms with van der Waals surface area (Å²) >= 11 is 8.99. The van der Waals surface area contributed by atoms with Crippen LogP contribution in [0.5, 0.6) is 0 Å². The maximum atomic E-state index is 12.2. The third kappa shape index (κ3) is 3.72. The number of aromatic nitrogens is 2. The summed E-state index contributed by atoms with van der Waals surface area (Å²) < 4.78 is 0. The number of carbonyl (C=O) groups excluding carboxylic acids is 1. The number of nitrogens with zero attached hydrogens (tertiary/aromatic N) is 2. The largest absolute Gasteiger partial charge is 0.298 e. The van der Waals surface area contributed by atoms with E-state index in [1.165, 1.54) is 16.2 Å². The highest BCUT2D eigenvalue weighted by Gasteiger charge is 2.13. The van der Waals surface area contributed by atoms with Gasteiger partial charge in [0.15, 0.2) is 5.13 Å². The van der Waals surface area contributed by atoms with Gasteiger partial charge in [-0.2, -0.15) is 0 Å². The first-order valence-electron chi connectivity index (χ1n) is 6.69. The molecule has 0 aliphatic heterocycles. The van der Waals surface area contributed by atoms with Crippen molar-refractivity contribution in [3.05, 3.63) is 58.7 Å². The van der Waals surface area contributed by atoms with E-state index in [4.69, 9.17) is 11.6 Å². The van der Waals surface area contributed by atoms with Gasteiger partial charge in [-0.15, -0.1) is 23.1 Å². The Balaban J connectivity index is 1.76. The van der Waals surface area contributed by atoms with Gasteiger partial charge in [-0.05, 0) is 30.5 Å². The Hall–Kier alpha value is -1.89. The van der Waals surface area contributed by atoms with E-state index in [9.17, 15) is 4.79 Å². The standard InChI is InChI=1S/C16H12ClN3OS2/c1-22-11-6-4-10(5-7-11)13-9-23-16(19-13)20-15(21)12-3-2-8-18-14(12)17/h2-9H,1H3,(H,19,20,21). The van der Waals surface area contributed by atoms with Crippen molar-refractivity contribution in [2.75, 3.05) is 11.6 Å². The molecule has 1 aromatic carbocycles. The van der Waals surface area contributed by atoms with E-state index in [-0.39, 0.29) is 11.1 Å². The summed E-state index contributed by atoms with van der Waals surface area (Å²) in [6.45, 7) is 0. The summed E-state index contributed by atoms with van der Waals surface area (Å²) in [5, 5.41) is 5.37. The van der Waals surface area contributed by atoms with Gasteiger partial charge in [0.25, 0.3) is 5.91 Å². The molecule has 1 N–H and O–H groups in total. The predicted molar refractivity (Wildman–Crippen MR) is 96.5 cm³/mol. The zero-order valence-electron chi connectivity index (χ0n) is 12.1. The molecule has 0 saturated heterocycles. The van der Waals surface area contributed by atoms with Crippen molar-refractivity contribution < 1.29 is 4.79 Å². The van der Waals surface area contributed by atoms with Gasteiger partial charge in [0.1, 0.15) is 5.15 Å². The smallest absolute Gasteiger partial charge is 0.260 e. The molecule has 4 nitrogen and oxygen atoms in total. The molecule has 0 fully saturated rings. The Labute approximate surface area is 146 Å². The number of hydrogen-bond acceptors (Lipinski definition) is 5. The zero-order valence-corrected chi connectivity index (χ0v) is 14.5. The molecule has 0 radical (unpaired) electrons. The third-order valence-electron chi connectivity index (χ3n) is 3.11. The molecule has 3 rings (SSSR count). The Bertz CT molecular complexity index is 833. The predicted octanol–water partition coefficient (Wildman–Crippen LogP) is 4.83. The van der Waals surface area contributed by atoms with Crippen LogP contribution in [0.4, 0.5) is 5.13 Å². The molecule has 0 unspecified atom stereocenters. The Kier molecular flexibility index (Phi) is 4.95. The molecular weight excluding hydrogens is 350 g/mol. The van der Waals surface area contributed by atoms with Gasteiger partial charge >= 0.3 is 0 Å². The van der Waals surface area contributed by atoms with Crippen LogP contribution in [-0.2, 0) is 0 Å². The number of carbonyl (C=O) groups is 1. The molecule has 2 heterocycles. The Morgan fingerprint density at radius 2 is 2.04 bits per heavy atom. The fourth-order valence-electron chi connectivity index (χ4n) is 1.95. The Morgan fingerprint density at radius 3 is 2.74 bits per heavy atom. The van der Waals surface area contributed by atoms with Gasteiger partial charge in [0, 0.05) is 22.0 Å². The van der Waals surface area contributed by atoms with Crippen LogP contribution in [-0.4, -0.2) is 22.1 Å². The molecule has 0 spiro atoms. The average molecular weight is 362 g/mol. The van der Waals surface area contributed by atoms with Gasteiger partial charge < -0.3 is 0 Å². The van der Waals surface area contributed by atoms with Gasteiger partial charge in [-0.25, -0.2) is 9.97 Å². The topological polar surface area (TPSA) is 54.9 Å². The van der Waals surface area contributed by atoms with E-state index < -0.39 is 0 Å². The van der Waals surface area contributed by atoms with Gasteiger partial charge in [-0.3, -0.25) is 10.1 Å². The van der Waals surface area contributed by atoms with E-state index in [0.29, 0.717) is 10.7 Å². The fraction of sp³-hybridized carbons (Fsp3) is 0.0625. The highest BCUT2D eigenvalue weighted by molar-refractivity contribution is 7.98. The van der Waals surface area contributed by atoms with Gasteiger partial charge in [-0.1, -0.05) is 23.7 Å². The van der Waals surface area contributed by atoms with E-state index in [1.54, 1.807) is 30.1 Å². The van der Waals surface area contributed by atoms with Crippen LogP contribution < -0.4 is 5.32 Å². The summed E-state index contributed by atoms with van der Waals surface area (Å²) in [4.78, 5) is 21.7. The number of rotatable bonds is 4. The fourth-order valence-corrected chi connectivity index (χ4v) is 3.27. The zero-order chi connectivity index (χ0) is 16.2. The van der Waals surface area contributed by atoms with Crippen molar-refractivity contribution >= 4 is 45.7 Å². The molecule has 3 aromatic rings. The van der Waals surface area contributed by atoms with Crippen LogP contribution >= 0.6 is 34.7 Å². The highest BCUT2D eigenvalue weighted by Crippen LogP contribution is 2.27. The van der Waals surface area contributed by atoms with Crippen molar-refractivity contribution in [3.8, 4) is 11.3 Å². The third-order valence-corrected chi connectivity index (χ3v) is 4.92. The number of halogens is 1. The summed E-state index contributed by atoms with van der Waals surface area (Å²) in [6.07, 6.45) is 3.58. The molecule has 0 saturated carbocycles. The molecule has 0 aliphatic carbocycles. The normalized spacial score (nSPS) is 10.5. The highest BCUT2D eigenvalue weighted by atomic mass is 35.5. The molecule has 0 bridgehead atoms. The minimum Gasteiger partial charge on any atom is -0.298 e. The lowest BCUT2D eigenvalue weighted by Gasteiger charge is -2.02. The monoisotopic (exact) mass is 361 g/mol. The lowest BCUT2D eigenvalue weighted by Crippen LogP contribution is -2.12. The van der Waals surface area contributed by atoms with E-state index in [2.05, 4.69) is 15.3 Å². The second kappa shape index (κ2) is 7.12. The van der Waals surface area contributed by atoms with Crippen molar-refractivity contribution in [2.24, 2.45) is 0 Å². The van der Waals surface area contributed by atoms with Crippen LogP contribution in [0, 0.1) is 0 Å². The lowest BCUT2D eigenvalue weighted by molar-refractivity contribution is 0.102. The maximum absolute atomic E-state index is 12.2. The maximum Gasteiger partial charge on any atom is 0.260 e. The molecule has 7 heteroatoms. The number of benzene rings is 1. The SMILES string of the molecule is CSc1ccc(-c2csc(NC(=O)c3cccnc3Cl)n2)cc1. The van der Waals surface area contributed by atoms with Crippen molar-refractivity contribution in [1.82, 2.24) is 9.97 Å². The Morgan fingerprint density at radius 1 is 1.26 bits per heavy atom. The minimum absolute atomic E-state index is 0.175. The average Bonchev–Trinajstić information content (AvgIpc) is 3.03. The summed E-state index contributed by atoms with van der Waals surface area (Å²) in [5.74, 6) is -0.318. The summed E-state index contributed by atoms with van der Waals surface area (Å²) in [7, 11) is 0. The molecule has 116 valence electrons. The first kappa shape index (κ1) is 16.0. The van der Waals surface area contributed by atoms with Crippen LogP contribution in [0.15, 0.2) is 52.9 Å². The number of hydrogen-bond donors (Lipinski definition) is 1. The van der Waals surface area contributed by atoms with Crippen LogP contribution in [0.2, 0.25) is 5.15 Å². The molecule has 2 aromatic heterocycles. The summed E-state index contributed by atoms with van der Waals surface area (Å²) in [6, 6.07) is 11.4. The number of nitrogens with one attached hydrogen (secondary N) is 1. The van der Waals surface area contributed by atoms with Gasteiger partial charge in [0.2, 0.25) is 0 Å². The molecule has 0 atom stereocenters. The lowest BCUT2D eigenvalue weighted by atomic mass is 10.2. The van der Waals surface area contributed by atoms with E-state index in [0.717, 1.165) is 11.3 Å². The second-order valence-electron chi connectivity index (χ2n) is 4.56.